The SMILES string of the molecule is CC(C)(C)NCC(O)COc1nsnc1SCCCO[N+](=O)[O-]. The number of aliphatic hydroxyl groups is 1. The van der Waals surface area contributed by atoms with Crippen LogP contribution in [0.4, 0.5) is 0 Å². The number of thioether (sulfide) groups is 1. The van der Waals surface area contributed by atoms with Gasteiger partial charge in [-0.1, -0.05) is 11.8 Å². The predicted molar refractivity (Wildman–Crippen MR) is 87.5 cm³/mol. The zero-order valence-electron chi connectivity index (χ0n) is 13.4. The van der Waals surface area contributed by atoms with E-state index < -0.39 is 11.2 Å². The number of hydrogen-bond acceptors (Lipinski definition) is 10. The molecule has 0 aromatic carbocycles. The molecule has 0 aliphatic heterocycles. The van der Waals surface area contributed by atoms with Gasteiger partial charge in [0, 0.05) is 17.8 Å². The van der Waals surface area contributed by atoms with Crippen LogP contribution in [0.1, 0.15) is 27.2 Å². The average molecular weight is 366 g/mol. The highest BCUT2D eigenvalue weighted by atomic mass is 32.2. The number of β-amino-alcohol motifs (C(OH)–C–C–N with tert-alkyl or cyclic N) is 1. The zero-order valence-corrected chi connectivity index (χ0v) is 15.0. The van der Waals surface area contributed by atoms with Gasteiger partial charge in [0.2, 0.25) is 0 Å². The fourth-order valence-corrected chi connectivity index (χ4v) is 2.83. The van der Waals surface area contributed by atoms with Gasteiger partial charge in [-0.05, 0) is 27.2 Å². The Balaban J connectivity index is 2.27. The Bertz CT molecular complexity index is 480. The van der Waals surface area contributed by atoms with Gasteiger partial charge in [-0.25, -0.2) is 0 Å². The Morgan fingerprint density at radius 2 is 2.22 bits per heavy atom. The van der Waals surface area contributed by atoms with Gasteiger partial charge in [0.25, 0.3) is 11.0 Å². The minimum Gasteiger partial charge on any atom is -0.472 e. The van der Waals surface area contributed by atoms with E-state index in [9.17, 15) is 15.2 Å². The van der Waals surface area contributed by atoms with E-state index >= 15 is 0 Å². The molecular weight excluding hydrogens is 344 g/mol. The highest BCUT2D eigenvalue weighted by molar-refractivity contribution is 7.99. The van der Waals surface area contributed by atoms with Crippen molar-refractivity contribution < 1.29 is 19.8 Å². The molecule has 9 nitrogen and oxygen atoms in total. The summed E-state index contributed by atoms with van der Waals surface area (Å²) in [5.41, 5.74) is -0.0734. The molecule has 0 spiro atoms. The van der Waals surface area contributed by atoms with Crippen LogP contribution < -0.4 is 10.1 Å². The summed E-state index contributed by atoms with van der Waals surface area (Å²) in [5.74, 6) is 0.981. The number of aromatic nitrogens is 2. The molecule has 1 unspecified atom stereocenters. The van der Waals surface area contributed by atoms with Crippen molar-refractivity contribution in [3.8, 4) is 5.88 Å². The van der Waals surface area contributed by atoms with Crippen LogP contribution >= 0.6 is 23.5 Å². The summed E-state index contributed by atoms with van der Waals surface area (Å²) >= 11 is 2.41. The standard InChI is InChI=1S/C12H22N4O5S2/c1-12(2,3)13-7-9(17)8-20-10-11(15-23-14-10)22-6-4-5-21-16(18)19/h9,13,17H,4-8H2,1-3H3. The molecular formula is C12H22N4O5S2. The van der Waals surface area contributed by atoms with Gasteiger partial charge in [-0.15, -0.1) is 14.5 Å². The quantitative estimate of drug-likeness (QED) is 0.259. The molecule has 0 bridgehead atoms. The molecule has 0 fully saturated rings. The highest BCUT2D eigenvalue weighted by Crippen LogP contribution is 2.27. The summed E-state index contributed by atoms with van der Waals surface area (Å²) < 4.78 is 13.6. The van der Waals surface area contributed by atoms with Crippen molar-refractivity contribution >= 4 is 23.5 Å². The molecule has 1 rings (SSSR count). The van der Waals surface area contributed by atoms with Crippen LogP contribution in [0.2, 0.25) is 0 Å². The van der Waals surface area contributed by atoms with Crippen LogP contribution in [0.5, 0.6) is 5.88 Å². The van der Waals surface area contributed by atoms with E-state index in [1.807, 2.05) is 20.8 Å². The lowest BCUT2D eigenvalue weighted by molar-refractivity contribution is -0.757. The number of rotatable bonds is 11. The molecule has 0 radical (unpaired) electrons. The van der Waals surface area contributed by atoms with Crippen molar-refractivity contribution in [1.29, 1.82) is 0 Å². The lowest BCUT2D eigenvalue weighted by Gasteiger charge is -2.22. The number of aliphatic hydroxyl groups excluding tert-OH is 1. The minimum atomic E-state index is -0.809. The number of hydrogen-bond donors (Lipinski definition) is 2. The first-order valence-corrected chi connectivity index (χ1v) is 8.78. The van der Waals surface area contributed by atoms with Crippen molar-refractivity contribution in [3.63, 3.8) is 0 Å². The van der Waals surface area contributed by atoms with Crippen molar-refractivity contribution in [1.82, 2.24) is 14.1 Å². The van der Waals surface area contributed by atoms with Crippen LogP contribution in [-0.4, -0.2) is 56.1 Å². The second-order valence-electron chi connectivity index (χ2n) is 5.73. The van der Waals surface area contributed by atoms with Crippen LogP contribution in [0.3, 0.4) is 0 Å². The van der Waals surface area contributed by atoms with Crippen LogP contribution in [0.15, 0.2) is 5.03 Å². The molecule has 11 heteroatoms. The lowest BCUT2D eigenvalue weighted by atomic mass is 10.1. The first-order chi connectivity index (χ1) is 10.8. The minimum absolute atomic E-state index is 0.0466. The van der Waals surface area contributed by atoms with Crippen molar-refractivity contribution in [2.75, 3.05) is 25.5 Å². The first kappa shape index (κ1) is 19.9. The maximum absolute atomic E-state index is 10.0. The molecule has 1 heterocycles. The van der Waals surface area contributed by atoms with Crippen molar-refractivity contribution in [2.24, 2.45) is 0 Å². The Morgan fingerprint density at radius 3 is 2.87 bits per heavy atom. The fraction of sp³-hybridized carbons (Fsp3) is 0.833. The third-order valence-corrected chi connectivity index (χ3v) is 4.09. The van der Waals surface area contributed by atoms with E-state index in [0.717, 1.165) is 11.7 Å². The van der Waals surface area contributed by atoms with E-state index in [-0.39, 0.29) is 18.8 Å². The van der Waals surface area contributed by atoms with Crippen molar-refractivity contribution in [3.05, 3.63) is 10.1 Å². The summed E-state index contributed by atoms with van der Waals surface area (Å²) in [7, 11) is 0. The van der Waals surface area contributed by atoms with E-state index in [1.165, 1.54) is 11.8 Å². The molecule has 1 aromatic heterocycles. The van der Waals surface area contributed by atoms with Gasteiger partial charge in [0.05, 0.1) is 18.3 Å². The van der Waals surface area contributed by atoms with Gasteiger partial charge in [-0.3, -0.25) is 0 Å². The average Bonchev–Trinajstić information content (AvgIpc) is 2.89. The molecule has 0 amide bonds. The van der Waals surface area contributed by atoms with Gasteiger partial charge >= 0.3 is 0 Å². The van der Waals surface area contributed by atoms with Gasteiger partial charge < -0.3 is 20.0 Å². The topological polar surface area (TPSA) is 120 Å². The number of ether oxygens (including phenoxy) is 1. The van der Waals surface area contributed by atoms with E-state index in [4.69, 9.17) is 4.74 Å². The Kier molecular flexibility index (Phi) is 8.52. The number of nitrogens with zero attached hydrogens (tertiary/aromatic N) is 3. The third kappa shape index (κ3) is 9.54. The fourth-order valence-electron chi connectivity index (χ4n) is 1.37. The van der Waals surface area contributed by atoms with E-state index in [2.05, 4.69) is 18.9 Å². The Labute approximate surface area is 143 Å². The van der Waals surface area contributed by atoms with Crippen molar-refractivity contribution in [2.45, 2.75) is 43.9 Å². The molecule has 1 atom stereocenters. The second-order valence-corrected chi connectivity index (χ2v) is 7.34. The Morgan fingerprint density at radius 1 is 1.48 bits per heavy atom. The molecule has 0 aliphatic carbocycles. The largest absolute Gasteiger partial charge is 0.472 e. The highest BCUT2D eigenvalue weighted by Gasteiger charge is 2.15. The molecule has 23 heavy (non-hydrogen) atoms. The summed E-state index contributed by atoms with van der Waals surface area (Å²) in [5, 5.41) is 22.9. The summed E-state index contributed by atoms with van der Waals surface area (Å²) in [4.78, 5) is 14.2. The van der Waals surface area contributed by atoms with E-state index in [1.54, 1.807) is 0 Å². The van der Waals surface area contributed by atoms with E-state index in [0.29, 0.717) is 29.6 Å². The summed E-state index contributed by atoms with van der Waals surface area (Å²) in [6.45, 7) is 6.63. The van der Waals surface area contributed by atoms with Gasteiger partial charge in [0.15, 0.2) is 5.03 Å². The number of nitrogens with one attached hydrogen (secondary N) is 1. The predicted octanol–water partition coefficient (Wildman–Crippen LogP) is 1.36. The summed E-state index contributed by atoms with van der Waals surface area (Å²) in [6.07, 6.45) is -0.136. The summed E-state index contributed by atoms with van der Waals surface area (Å²) in [6, 6.07) is 0. The molecule has 132 valence electrons. The molecule has 2 N–H and O–H groups in total. The van der Waals surface area contributed by atoms with Gasteiger partial charge in [-0.2, -0.15) is 4.37 Å². The molecule has 0 aliphatic rings. The van der Waals surface area contributed by atoms with Crippen LogP contribution in [0, 0.1) is 10.1 Å². The van der Waals surface area contributed by atoms with Crippen LogP contribution in [-0.2, 0) is 4.84 Å². The second kappa shape index (κ2) is 9.85. The maximum atomic E-state index is 10.0. The first-order valence-electron chi connectivity index (χ1n) is 7.06. The normalized spacial score (nSPS) is 12.9. The molecule has 0 saturated carbocycles. The van der Waals surface area contributed by atoms with Gasteiger partial charge in [0.1, 0.15) is 12.7 Å². The molecule has 1 aromatic rings. The monoisotopic (exact) mass is 366 g/mol. The smallest absolute Gasteiger partial charge is 0.294 e. The lowest BCUT2D eigenvalue weighted by Crippen LogP contribution is -2.42. The third-order valence-electron chi connectivity index (χ3n) is 2.44. The zero-order chi connectivity index (χ0) is 17.3. The van der Waals surface area contributed by atoms with Crippen LogP contribution in [0.25, 0.3) is 0 Å². The maximum Gasteiger partial charge on any atom is 0.294 e. The Hall–Kier alpha value is -1.17. The molecule has 0 saturated heterocycles.